The Kier molecular flexibility index (Phi) is 5.90. The molecule has 3 heterocycles. The second kappa shape index (κ2) is 8.02. The summed E-state index contributed by atoms with van der Waals surface area (Å²) in [6.45, 7) is 5.32. The second-order valence-corrected chi connectivity index (χ2v) is 9.06. The maximum atomic E-state index is 12.8. The molecular formula is C18H27N3O5S. The number of sulfonamides is 1. The molecule has 2 saturated heterocycles. The molecule has 9 heteroatoms. The number of amides is 2. The van der Waals surface area contributed by atoms with Gasteiger partial charge in [-0.3, -0.25) is 9.59 Å². The van der Waals surface area contributed by atoms with Crippen LogP contribution in [0.5, 0.6) is 0 Å². The molecule has 2 amide bonds. The third kappa shape index (κ3) is 4.19. The van der Waals surface area contributed by atoms with Crippen molar-refractivity contribution < 1.29 is 22.4 Å². The van der Waals surface area contributed by atoms with Crippen molar-refractivity contribution in [3.63, 3.8) is 0 Å². The first kappa shape index (κ1) is 19.9. The molecule has 0 spiro atoms. The highest BCUT2D eigenvalue weighted by Gasteiger charge is 2.33. The molecule has 1 aromatic heterocycles. The third-order valence-corrected chi connectivity index (χ3v) is 7.17. The Bertz CT molecular complexity index is 811. The minimum absolute atomic E-state index is 0.0349. The lowest BCUT2D eigenvalue weighted by molar-refractivity contribution is -0.121. The lowest BCUT2D eigenvalue weighted by Crippen LogP contribution is -2.49. The predicted octanol–water partition coefficient (Wildman–Crippen LogP) is 1.50. The molecule has 1 unspecified atom stereocenters. The summed E-state index contributed by atoms with van der Waals surface area (Å²) >= 11 is 0. The number of hydrogen-bond donors (Lipinski definition) is 1. The molecule has 1 atom stereocenters. The molecule has 8 nitrogen and oxygen atoms in total. The number of furan rings is 1. The van der Waals surface area contributed by atoms with Gasteiger partial charge in [0, 0.05) is 44.7 Å². The number of likely N-dealkylation sites (tertiary alicyclic amines) is 1. The standard InChI is InChI=1S/C18H27N3O5S/c1-3-17(22)19-14-7-6-8-20(12-14)18(23)15-11-16(13(2)26-15)27(24,25)21-9-4-5-10-21/h11,14H,3-10,12H2,1-2H3,(H,19,22). The van der Waals surface area contributed by atoms with Crippen molar-refractivity contribution in [2.45, 2.75) is 56.9 Å². The van der Waals surface area contributed by atoms with E-state index in [0.29, 0.717) is 32.6 Å². The Morgan fingerprint density at radius 3 is 2.59 bits per heavy atom. The van der Waals surface area contributed by atoms with Crippen molar-refractivity contribution >= 4 is 21.8 Å². The smallest absolute Gasteiger partial charge is 0.289 e. The van der Waals surface area contributed by atoms with Gasteiger partial charge in [0.25, 0.3) is 5.91 Å². The van der Waals surface area contributed by atoms with Gasteiger partial charge in [-0.15, -0.1) is 0 Å². The Hall–Kier alpha value is -1.87. The van der Waals surface area contributed by atoms with Crippen molar-refractivity contribution in [1.29, 1.82) is 0 Å². The van der Waals surface area contributed by atoms with E-state index in [2.05, 4.69) is 5.32 Å². The van der Waals surface area contributed by atoms with Crippen LogP contribution in [0.25, 0.3) is 0 Å². The highest BCUT2D eigenvalue weighted by molar-refractivity contribution is 7.89. The summed E-state index contributed by atoms with van der Waals surface area (Å²) in [6, 6.07) is 1.26. The van der Waals surface area contributed by atoms with Crippen LogP contribution in [0.4, 0.5) is 0 Å². The van der Waals surface area contributed by atoms with Crippen LogP contribution in [0.2, 0.25) is 0 Å². The maximum Gasteiger partial charge on any atom is 0.289 e. The van der Waals surface area contributed by atoms with Crippen molar-refractivity contribution in [3.05, 3.63) is 17.6 Å². The Morgan fingerprint density at radius 2 is 1.93 bits per heavy atom. The van der Waals surface area contributed by atoms with Gasteiger partial charge in [0.2, 0.25) is 15.9 Å². The predicted molar refractivity (Wildman–Crippen MR) is 98.8 cm³/mol. The van der Waals surface area contributed by atoms with E-state index in [0.717, 1.165) is 25.7 Å². The molecule has 0 aromatic carbocycles. The van der Waals surface area contributed by atoms with Gasteiger partial charge in [-0.1, -0.05) is 6.92 Å². The van der Waals surface area contributed by atoms with Crippen molar-refractivity contribution in [3.8, 4) is 0 Å². The number of nitrogens with one attached hydrogen (secondary N) is 1. The first-order valence-corrected chi connectivity index (χ1v) is 11.0. The molecule has 27 heavy (non-hydrogen) atoms. The fraction of sp³-hybridized carbons (Fsp3) is 0.667. The van der Waals surface area contributed by atoms with Gasteiger partial charge >= 0.3 is 0 Å². The first-order valence-electron chi connectivity index (χ1n) is 9.52. The summed E-state index contributed by atoms with van der Waals surface area (Å²) in [4.78, 5) is 26.1. The molecule has 2 aliphatic rings. The number of piperidine rings is 1. The molecule has 0 saturated carbocycles. The summed E-state index contributed by atoms with van der Waals surface area (Å²) in [6.07, 6.45) is 3.70. The number of aryl methyl sites for hydroxylation is 1. The van der Waals surface area contributed by atoms with Gasteiger partial charge < -0.3 is 14.6 Å². The molecular weight excluding hydrogens is 370 g/mol. The van der Waals surface area contributed by atoms with Gasteiger partial charge in [-0.25, -0.2) is 8.42 Å². The molecule has 1 N–H and O–H groups in total. The summed E-state index contributed by atoms with van der Waals surface area (Å²) in [7, 11) is -3.63. The molecule has 150 valence electrons. The average molecular weight is 397 g/mol. The zero-order valence-electron chi connectivity index (χ0n) is 15.9. The number of carbonyl (C=O) groups excluding carboxylic acids is 2. The molecule has 1 aromatic rings. The quantitative estimate of drug-likeness (QED) is 0.812. The van der Waals surface area contributed by atoms with E-state index in [1.165, 1.54) is 10.4 Å². The van der Waals surface area contributed by atoms with Crippen LogP contribution in [-0.4, -0.2) is 61.7 Å². The largest absolute Gasteiger partial charge is 0.455 e. The lowest BCUT2D eigenvalue weighted by atomic mass is 10.1. The van der Waals surface area contributed by atoms with Gasteiger partial charge in [-0.2, -0.15) is 4.31 Å². The highest BCUT2D eigenvalue weighted by atomic mass is 32.2. The minimum Gasteiger partial charge on any atom is -0.455 e. The molecule has 0 bridgehead atoms. The van der Waals surface area contributed by atoms with Gasteiger partial charge in [0.05, 0.1) is 0 Å². The number of rotatable bonds is 5. The minimum atomic E-state index is -3.63. The average Bonchev–Trinajstić information content (AvgIpc) is 3.31. The second-order valence-electron chi connectivity index (χ2n) is 7.15. The zero-order valence-corrected chi connectivity index (χ0v) is 16.7. The summed E-state index contributed by atoms with van der Waals surface area (Å²) < 4.78 is 32.5. The number of hydrogen-bond acceptors (Lipinski definition) is 5. The number of carbonyl (C=O) groups is 2. The number of nitrogens with zero attached hydrogens (tertiary/aromatic N) is 2. The Labute approximate surface area is 159 Å². The van der Waals surface area contributed by atoms with Crippen LogP contribution >= 0.6 is 0 Å². The van der Waals surface area contributed by atoms with Crippen LogP contribution in [0, 0.1) is 6.92 Å². The van der Waals surface area contributed by atoms with E-state index in [1.807, 2.05) is 0 Å². The molecule has 2 fully saturated rings. The summed E-state index contributed by atoms with van der Waals surface area (Å²) in [5.41, 5.74) is 0. The molecule has 3 rings (SSSR count). The van der Waals surface area contributed by atoms with Crippen molar-refractivity contribution in [2.75, 3.05) is 26.2 Å². The monoisotopic (exact) mass is 397 g/mol. The van der Waals surface area contributed by atoms with E-state index in [-0.39, 0.29) is 34.3 Å². The molecule has 2 aliphatic heterocycles. The van der Waals surface area contributed by atoms with Crippen LogP contribution < -0.4 is 5.32 Å². The summed E-state index contributed by atoms with van der Waals surface area (Å²) in [5, 5.41) is 2.92. The maximum absolute atomic E-state index is 12.8. The Morgan fingerprint density at radius 1 is 1.22 bits per heavy atom. The SMILES string of the molecule is CCC(=O)NC1CCCN(C(=O)c2cc(S(=O)(=O)N3CCCC3)c(C)o2)C1. The van der Waals surface area contributed by atoms with Crippen LogP contribution in [0.1, 0.15) is 55.3 Å². The van der Waals surface area contributed by atoms with E-state index >= 15 is 0 Å². The lowest BCUT2D eigenvalue weighted by Gasteiger charge is -2.32. The van der Waals surface area contributed by atoms with Gasteiger partial charge in [0.15, 0.2) is 5.76 Å². The van der Waals surface area contributed by atoms with E-state index in [9.17, 15) is 18.0 Å². The van der Waals surface area contributed by atoms with Crippen LogP contribution in [0.3, 0.4) is 0 Å². The normalized spacial score (nSPS) is 21.4. The van der Waals surface area contributed by atoms with Gasteiger partial charge in [0.1, 0.15) is 10.7 Å². The topological polar surface area (TPSA) is 99.9 Å². The van der Waals surface area contributed by atoms with Gasteiger partial charge in [-0.05, 0) is 32.6 Å². The fourth-order valence-corrected chi connectivity index (χ4v) is 5.34. The fourth-order valence-electron chi connectivity index (χ4n) is 3.66. The molecule has 0 aliphatic carbocycles. The first-order chi connectivity index (χ1) is 12.8. The van der Waals surface area contributed by atoms with E-state index in [1.54, 1.807) is 18.7 Å². The summed E-state index contributed by atoms with van der Waals surface area (Å²) in [5.74, 6) is -0.107. The Balaban J connectivity index is 1.75. The van der Waals surface area contributed by atoms with Crippen molar-refractivity contribution in [2.24, 2.45) is 0 Å². The molecule has 0 radical (unpaired) electrons. The van der Waals surface area contributed by atoms with E-state index < -0.39 is 10.0 Å². The van der Waals surface area contributed by atoms with E-state index in [4.69, 9.17) is 4.42 Å². The zero-order chi connectivity index (χ0) is 19.6. The highest BCUT2D eigenvalue weighted by Crippen LogP contribution is 2.27. The third-order valence-electron chi connectivity index (χ3n) is 5.16. The van der Waals surface area contributed by atoms with Crippen molar-refractivity contribution in [1.82, 2.24) is 14.5 Å². The van der Waals surface area contributed by atoms with Crippen LogP contribution in [0.15, 0.2) is 15.4 Å². The van der Waals surface area contributed by atoms with Crippen LogP contribution in [-0.2, 0) is 14.8 Å².